The Morgan fingerprint density at radius 2 is 1.66 bits per heavy atom. The molecule has 8 nitrogen and oxygen atoms in total. The number of rotatable bonds is 8. The summed E-state index contributed by atoms with van der Waals surface area (Å²) in [7, 11) is -3.81. The van der Waals surface area contributed by atoms with Crippen LogP contribution in [-0.4, -0.2) is 38.3 Å². The van der Waals surface area contributed by atoms with Crippen molar-refractivity contribution in [1.29, 1.82) is 0 Å². The van der Waals surface area contributed by atoms with Crippen molar-refractivity contribution >= 4 is 38.3 Å². The van der Waals surface area contributed by atoms with E-state index >= 15 is 0 Å². The van der Waals surface area contributed by atoms with Crippen molar-refractivity contribution in [3.63, 3.8) is 0 Å². The van der Waals surface area contributed by atoms with Crippen molar-refractivity contribution in [1.82, 2.24) is 15.0 Å². The van der Waals surface area contributed by atoms with Gasteiger partial charge >= 0.3 is 0 Å². The van der Waals surface area contributed by atoms with Crippen LogP contribution >= 0.6 is 11.3 Å². The lowest BCUT2D eigenvalue weighted by Gasteiger charge is -2.08. The van der Waals surface area contributed by atoms with Gasteiger partial charge in [-0.15, -0.1) is 11.3 Å². The number of aryl methyl sites for hydroxylation is 3. The molecule has 2 aromatic carbocycles. The van der Waals surface area contributed by atoms with Crippen LogP contribution in [-0.2, 0) is 19.6 Å². The van der Waals surface area contributed by atoms with Gasteiger partial charge in [-0.1, -0.05) is 29.8 Å². The summed E-state index contributed by atoms with van der Waals surface area (Å²) in [5.41, 5.74) is 4.98. The predicted octanol–water partition coefficient (Wildman–Crippen LogP) is 2.77. The van der Waals surface area contributed by atoms with Gasteiger partial charge in [0.15, 0.2) is 5.13 Å². The highest BCUT2D eigenvalue weighted by Gasteiger charge is 2.16. The minimum Gasteiger partial charge on any atom is -0.346 e. The zero-order valence-electron chi connectivity index (χ0n) is 17.9. The Balaban J connectivity index is 1.47. The first-order valence-electron chi connectivity index (χ1n) is 9.80. The average Bonchev–Trinajstić information content (AvgIpc) is 3.21. The molecule has 3 aromatic rings. The Bertz CT molecular complexity index is 1240. The molecule has 10 heteroatoms. The lowest BCUT2D eigenvalue weighted by Crippen LogP contribution is -2.40. The second-order valence-corrected chi connectivity index (χ2v) is 9.92. The second-order valence-electron chi connectivity index (χ2n) is 7.30. The summed E-state index contributed by atoms with van der Waals surface area (Å²) in [4.78, 5) is 28.5. The van der Waals surface area contributed by atoms with Crippen molar-refractivity contribution in [3.05, 3.63) is 64.5 Å². The van der Waals surface area contributed by atoms with E-state index in [9.17, 15) is 18.0 Å². The van der Waals surface area contributed by atoms with E-state index in [2.05, 4.69) is 20.3 Å². The fourth-order valence-corrected chi connectivity index (χ4v) is 4.45. The number of aromatic nitrogens is 1. The van der Waals surface area contributed by atoms with Crippen molar-refractivity contribution in [2.45, 2.75) is 25.7 Å². The number of nitrogens with one attached hydrogen (secondary N) is 3. The van der Waals surface area contributed by atoms with Gasteiger partial charge in [-0.3, -0.25) is 9.59 Å². The first-order valence-corrected chi connectivity index (χ1v) is 12.2. The van der Waals surface area contributed by atoms with Crippen molar-refractivity contribution < 1.29 is 18.0 Å². The van der Waals surface area contributed by atoms with E-state index in [1.165, 1.54) is 29.0 Å². The molecule has 0 saturated carbocycles. The molecule has 1 heterocycles. The van der Waals surface area contributed by atoms with E-state index in [0.29, 0.717) is 5.13 Å². The van der Waals surface area contributed by atoms with Gasteiger partial charge in [-0.2, -0.15) is 0 Å². The van der Waals surface area contributed by atoms with Crippen molar-refractivity contribution in [2.24, 2.45) is 0 Å². The summed E-state index contributed by atoms with van der Waals surface area (Å²) >= 11 is 1.28. The summed E-state index contributed by atoms with van der Waals surface area (Å²) in [5.74, 6) is -1.08. The molecule has 0 spiro atoms. The van der Waals surface area contributed by atoms with E-state index in [4.69, 9.17) is 0 Å². The largest absolute Gasteiger partial charge is 0.346 e. The Labute approximate surface area is 191 Å². The summed E-state index contributed by atoms with van der Waals surface area (Å²) in [6.07, 6.45) is 0. The van der Waals surface area contributed by atoms with Gasteiger partial charge in [0.2, 0.25) is 21.8 Å². The molecule has 0 bridgehead atoms. The standard InChI is InChI=1S/C22H24N4O4S2/c1-14-4-8-18(9-5-14)32(29,30)24-12-20(27)23-11-21(28)26-22-25-19(13-31-22)17-7-6-15(2)16(3)10-17/h4-10,13,24H,11-12H2,1-3H3,(H,23,27)(H,25,26,28). The van der Waals surface area contributed by atoms with Crippen LogP contribution in [0.3, 0.4) is 0 Å². The molecule has 0 aliphatic rings. The zero-order valence-corrected chi connectivity index (χ0v) is 19.6. The van der Waals surface area contributed by atoms with Crippen molar-refractivity contribution in [3.8, 4) is 11.3 Å². The molecule has 0 fully saturated rings. The Morgan fingerprint density at radius 1 is 0.938 bits per heavy atom. The van der Waals surface area contributed by atoms with Gasteiger partial charge in [-0.05, 0) is 50.1 Å². The molecular formula is C22H24N4O4S2. The maximum atomic E-state index is 12.2. The molecule has 0 saturated heterocycles. The number of thiazole rings is 1. The molecule has 3 rings (SSSR count). The summed E-state index contributed by atoms with van der Waals surface area (Å²) in [5, 5.41) is 7.28. The number of carbonyl (C=O) groups excluding carboxylic acids is 2. The van der Waals surface area contributed by atoms with Crippen LogP contribution in [0.1, 0.15) is 16.7 Å². The summed E-state index contributed by atoms with van der Waals surface area (Å²) in [6.45, 7) is 5.13. The van der Waals surface area contributed by atoms with Gasteiger partial charge in [0.25, 0.3) is 0 Å². The van der Waals surface area contributed by atoms with Gasteiger partial charge in [0, 0.05) is 10.9 Å². The van der Waals surface area contributed by atoms with E-state index in [0.717, 1.165) is 22.4 Å². The van der Waals surface area contributed by atoms with Gasteiger partial charge in [0.1, 0.15) is 0 Å². The Morgan fingerprint density at radius 3 is 2.34 bits per heavy atom. The second kappa shape index (κ2) is 10.0. The first kappa shape index (κ1) is 23.6. The highest BCUT2D eigenvalue weighted by molar-refractivity contribution is 7.89. The number of carbonyl (C=O) groups is 2. The SMILES string of the molecule is Cc1ccc(S(=O)(=O)NCC(=O)NCC(=O)Nc2nc(-c3ccc(C)c(C)c3)cs2)cc1. The minimum absolute atomic E-state index is 0.0667. The monoisotopic (exact) mass is 472 g/mol. The Kier molecular flexibility index (Phi) is 7.39. The number of hydrogen-bond donors (Lipinski definition) is 3. The molecule has 0 unspecified atom stereocenters. The smallest absolute Gasteiger partial charge is 0.245 e. The molecule has 0 atom stereocenters. The van der Waals surface area contributed by atoms with Crippen LogP contribution in [0.4, 0.5) is 5.13 Å². The molecule has 32 heavy (non-hydrogen) atoms. The van der Waals surface area contributed by atoms with E-state index in [1.54, 1.807) is 12.1 Å². The van der Waals surface area contributed by atoms with Crippen LogP contribution in [0.15, 0.2) is 52.7 Å². The van der Waals surface area contributed by atoms with Gasteiger partial charge in [-0.25, -0.2) is 18.1 Å². The maximum Gasteiger partial charge on any atom is 0.245 e. The quantitative estimate of drug-likeness (QED) is 0.466. The molecule has 2 amide bonds. The zero-order chi connectivity index (χ0) is 23.3. The average molecular weight is 473 g/mol. The van der Waals surface area contributed by atoms with Crippen LogP contribution in [0.25, 0.3) is 11.3 Å². The molecule has 1 aromatic heterocycles. The van der Waals surface area contributed by atoms with Crippen LogP contribution in [0, 0.1) is 20.8 Å². The first-order chi connectivity index (χ1) is 15.1. The number of sulfonamides is 1. The van der Waals surface area contributed by atoms with Gasteiger partial charge < -0.3 is 10.6 Å². The number of benzene rings is 2. The summed E-state index contributed by atoms with van der Waals surface area (Å²) < 4.78 is 26.6. The predicted molar refractivity (Wildman–Crippen MR) is 125 cm³/mol. The third-order valence-electron chi connectivity index (χ3n) is 4.75. The molecule has 3 N–H and O–H groups in total. The third kappa shape index (κ3) is 6.22. The fourth-order valence-electron chi connectivity index (χ4n) is 2.73. The molecule has 0 aliphatic carbocycles. The lowest BCUT2D eigenvalue weighted by atomic mass is 10.1. The number of amides is 2. The minimum atomic E-state index is -3.81. The lowest BCUT2D eigenvalue weighted by molar-refractivity contribution is -0.123. The van der Waals surface area contributed by atoms with Crippen LogP contribution in [0.5, 0.6) is 0 Å². The normalized spacial score (nSPS) is 11.2. The third-order valence-corrected chi connectivity index (χ3v) is 6.93. The molecular weight excluding hydrogens is 448 g/mol. The fraction of sp³-hybridized carbons (Fsp3) is 0.227. The van der Waals surface area contributed by atoms with Gasteiger partial charge in [0.05, 0.1) is 23.7 Å². The molecule has 0 aliphatic heterocycles. The van der Waals surface area contributed by atoms with E-state index < -0.39 is 28.4 Å². The summed E-state index contributed by atoms with van der Waals surface area (Å²) in [6, 6.07) is 12.3. The Hall–Kier alpha value is -3.08. The van der Waals surface area contributed by atoms with Crippen LogP contribution in [0.2, 0.25) is 0 Å². The van der Waals surface area contributed by atoms with E-state index in [1.807, 2.05) is 44.4 Å². The topological polar surface area (TPSA) is 117 Å². The maximum absolute atomic E-state index is 12.2. The number of anilines is 1. The van der Waals surface area contributed by atoms with E-state index in [-0.39, 0.29) is 11.4 Å². The molecule has 168 valence electrons. The highest BCUT2D eigenvalue weighted by atomic mass is 32.2. The van der Waals surface area contributed by atoms with Crippen molar-refractivity contribution in [2.75, 3.05) is 18.4 Å². The number of nitrogens with zero attached hydrogens (tertiary/aromatic N) is 1. The molecule has 0 radical (unpaired) electrons. The number of hydrogen-bond acceptors (Lipinski definition) is 6. The van der Waals surface area contributed by atoms with Crippen LogP contribution < -0.4 is 15.4 Å². The highest BCUT2D eigenvalue weighted by Crippen LogP contribution is 2.26.